The number of carbonyl (C=O) groups excluding carboxylic acids is 1. The molecule has 0 spiro atoms. The number of amides is 1. The molecule has 0 aromatic heterocycles. The quantitative estimate of drug-likeness (QED) is 0.770. The van der Waals surface area contributed by atoms with Crippen LogP contribution in [-0.4, -0.2) is 29.9 Å². The van der Waals surface area contributed by atoms with Crippen molar-refractivity contribution in [1.82, 2.24) is 4.90 Å². The van der Waals surface area contributed by atoms with E-state index in [1.165, 1.54) is 32.1 Å². The van der Waals surface area contributed by atoms with Crippen molar-refractivity contribution in [2.75, 3.05) is 13.1 Å². The minimum atomic E-state index is -0.134. The fourth-order valence-electron chi connectivity index (χ4n) is 3.67. The summed E-state index contributed by atoms with van der Waals surface area (Å²) in [6.45, 7) is 1.54. The molecule has 3 fully saturated rings. The Balaban J connectivity index is 1.75. The van der Waals surface area contributed by atoms with Crippen LogP contribution >= 0.6 is 0 Å². The summed E-state index contributed by atoms with van der Waals surface area (Å²) in [7, 11) is 0. The molecule has 1 saturated heterocycles. The molecule has 3 rings (SSSR count). The number of nitrogens with zero attached hydrogens (tertiary/aromatic N) is 1. The molecule has 0 radical (unpaired) electrons. The van der Waals surface area contributed by atoms with Crippen LogP contribution in [0.5, 0.6) is 0 Å². The first-order chi connectivity index (χ1) is 7.77. The Hall–Kier alpha value is -0.570. The molecule has 1 aliphatic heterocycles. The highest BCUT2D eigenvalue weighted by atomic mass is 16.2. The van der Waals surface area contributed by atoms with E-state index in [-0.39, 0.29) is 5.41 Å². The fraction of sp³-hybridized carbons (Fsp3) is 0.923. The molecule has 3 aliphatic rings. The molecule has 2 N–H and O–H groups in total. The van der Waals surface area contributed by atoms with E-state index in [0.717, 1.165) is 25.3 Å². The van der Waals surface area contributed by atoms with Gasteiger partial charge >= 0.3 is 0 Å². The topological polar surface area (TPSA) is 46.3 Å². The van der Waals surface area contributed by atoms with Gasteiger partial charge in [0.25, 0.3) is 0 Å². The van der Waals surface area contributed by atoms with Crippen LogP contribution in [0.1, 0.15) is 44.9 Å². The minimum Gasteiger partial charge on any atom is -0.339 e. The first-order valence-electron chi connectivity index (χ1n) is 6.78. The van der Waals surface area contributed by atoms with Gasteiger partial charge in [0.2, 0.25) is 5.91 Å². The molecule has 1 amide bonds. The third-order valence-corrected chi connectivity index (χ3v) is 4.95. The van der Waals surface area contributed by atoms with E-state index >= 15 is 0 Å². The molecule has 2 unspecified atom stereocenters. The summed E-state index contributed by atoms with van der Waals surface area (Å²) in [5.74, 6) is 1.18. The lowest BCUT2D eigenvalue weighted by Crippen LogP contribution is -2.50. The van der Waals surface area contributed by atoms with Crippen molar-refractivity contribution in [2.45, 2.75) is 51.0 Å². The summed E-state index contributed by atoms with van der Waals surface area (Å²) in [4.78, 5) is 14.7. The van der Waals surface area contributed by atoms with Gasteiger partial charge in [-0.3, -0.25) is 4.79 Å². The largest absolute Gasteiger partial charge is 0.339 e. The average molecular weight is 222 g/mol. The van der Waals surface area contributed by atoms with Gasteiger partial charge in [-0.1, -0.05) is 6.42 Å². The lowest BCUT2D eigenvalue weighted by molar-refractivity contribution is -0.141. The Bertz CT molecular complexity index is 298. The van der Waals surface area contributed by atoms with Gasteiger partial charge < -0.3 is 10.6 Å². The van der Waals surface area contributed by atoms with Gasteiger partial charge in [0.15, 0.2) is 0 Å². The van der Waals surface area contributed by atoms with E-state index in [4.69, 9.17) is 5.73 Å². The number of rotatable bonds is 2. The Kier molecular flexibility index (Phi) is 2.46. The van der Waals surface area contributed by atoms with Gasteiger partial charge in [0.05, 0.1) is 5.41 Å². The first-order valence-corrected chi connectivity index (χ1v) is 6.78. The smallest absolute Gasteiger partial charge is 0.230 e. The van der Waals surface area contributed by atoms with E-state index in [1.807, 2.05) is 0 Å². The zero-order valence-corrected chi connectivity index (χ0v) is 9.95. The molecule has 2 atom stereocenters. The molecule has 2 aliphatic carbocycles. The Morgan fingerprint density at radius 1 is 1.25 bits per heavy atom. The van der Waals surface area contributed by atoms with Gasteiger partial charge in [-0.15, -0.1) is 0 Å². The van der Waals surface area contributed by atoms with Crippen molar-refractivity contribution < 1.29 is 4.79 Å². The number of hydrogen-bond acceptors (Lipinski definition) is 2. The maximum Gasteiger partial charge on any atom is 0.230 e. The van der Waals surface area contributed by atoms with Crippen LogP contribution in [0.25, 0.3) is 0 Å². The lowest BCUT2D eigenvalue weighted by Gasteiger charge is -2.39. The van der Waals surface area contributed by atoms with Crippen molar-refractivity contribution in [3.05, 3.63) is 0 Å². The maximum atomic E-state index is 12.5. The van der Waals surface area contributed by atoms with Crippen molar-refractivity contribution in [2.24, 2.45) is 17.1 Å². The number of nitrogens with two attached hydrogens (primary N) is 1. The summed E-state index contributed by atoms with van der Waals surface area (Å²) in [5, 5.41) is 0. The van der Waals surface area contributed by atoms with Crippen LogP contribution in [0.3, 0.4) is 0 Å². The molecule has 16 heavy (non-hydrogen) atoms. The monoisotopic (exact) mass is 222 g/mol. The van der Waals surface area contributed by atoms with Crippen molar-refractivity contribution in [3.63, 3.8) is 0 Å². The van der Waals surface area contributed by atoms with Crippen LogP contribution in [0.4, 0.5) is 0 Å². The summed E-state index contributed by atoms with van der Waals surface area (Å²) in [6.07, 6.45) is 8.47. The van der Waals surface area contributed by atoms with Gasteiger partial charge in [-0.2, -0.15) is 0 Å². The van der Waals surface area contributed by atoms with E-state index in [2.05, 4.69) is 4.90 Å². The van der Waals surface area contributed by atoms with Crippen molar-refractivity contribution >= 4 is 5.91 Å². The SMILES string of the molecule is NCC1(C(=O)N2CCCC3CCCC32)CC1. The van der Waals surface area contributed by atoms with Crippen molar-refractivity contribution in [1.29, 1.82) is 0 Å². The van der Waals surface area contributed by atoms with E-state index < -0.39 is 0 Å². The number of likely N-dealkylation sites (tertiary alicyclic amines) is 1. The van der Waals surface area contributed by atoms with E-state index in [9.17, 15) is 4.79 Å². The number of fused-ring (bicyclic) bond motifs is 1. The van der Waals surface area contributed by atoms with Crippen molar-refractivity contribution in [3.8, 4) is 0 Å². The van der Waals surface area contributed by atoms with Gasteiger partial charge in [0, 0.05) is 19.1 Å². The highest BCUT2D eigenvalue weighted by Crippen LogP contribution is 2.48. The number of piperidine rings is 1. The van der Waals surface area contributed by atoms with Crippen LogP contribution in [0.15, 0.2) is 0 Å². The molecule has 0 bridgehead atoms. The average Bonchev–Trinajstić information content (AvgIpc) is 2.98. The fourth-order valence-corrected chi connectivity index (χ4v) is 3.67. The Labute approximate surface area is 97.4 Å². The van der Waals surface area contributed by atoms with Crippen LogP contribution in [0.2, 0.25) is 0 Å². The zero-order valence-electron chi connectivity index (χ0n) is 9.95. The van der Waals surface area contributed by atoms with Gasteiger partial charge in [-0.25, -0.2) is 0 Å². The normalized spacial score (nSPS) is 35.9. The predicted octanol–water partition coefficient (Wildman–Crippen LogP) is 1.52. The second kappa shape index (κ2) is 3.73. The third-order valence-electron chi connectivity index (χ3n) is 4.95. The second-order valence-electron chi connectivity index (χ2n) is 5.88. The second-order valence-corrected chi connectivity index (χ2v) is 5.88. The Morgan fingerprint density at radius 2 is 2.00 bits per heavy atom. The van der Waals surface area contributed by atoms with Crippen LogP contribution < -0.4 is 5.73 Å². The molecular formula is C13H22N2O. The standard InChI is InChI=1S/C13H22N2O/c14-9-13(6-7-13)12(16)15-8-2-4-10-3-1-5-11(10)15/h10-11H,1-9,14H2. The maximum absolute atomic E-state index is 12.5. The molecule has 90 valence electrons. The summed E-state index contributed by atoms with van der Waals surface area (Å²) >= 11 is 0. The van der Waals surface area contributed by atoms with Gasteiger partial charge in [-0.05, 0) is 44.4 Å². The predicted molar refractivity (Wildman–Crippen MR) is 62.8 cm³/mol. The molecule has 3 heteroatoms. The summed E-state index contributed by atoms with van der Waals surface area (Å²) in [6, 6.07) is 0.560. The van der Waals surface area contributed by atoms with E-state index in [1.54, 1.807) is 0 Å². The lowest BCUT2D eigenvalue weighted by atomic mass is 9.90. The molecule has 0 aromatic rings. The highest BCUT2D eigenvalue weighted by molar-refractivity contribution is 5.86. The number of hydrogen-bond donors (Lipinski definition) is 1. The highest BCUT2D eigenvalue weighted by Gasteiger charge is 2.52. The summed E-state index contributed by atoms with van der Waals surface area (Å²) < 4.78 is 0. The zero-order chi connectivity index (χ0) is 11.2. The molecule has 3 nitrogen and oxygen atoms in total. The number of carbonyl (C=O) groups is 1. The molecular weight excluding hydrogens is 200 g/mol. The third kappa shape index (κ3) is 1.48. The minimum absolute atomic E-state index is 0.134. The molecule has 1 heterocycles. The Morgan fingerprint density at radius 3 is 2.69 bits per heavy atom. The van der Waals surface area contributed by atoms with Crippen LogP contribution in [-0.2, 0) is 4.79 Å². The van der Waals surface area contributed by atoms with E-state index in [0.29, 0.717) is 18.5 Å². The first kappa shape index (κ1) is 10.6. The molecule has 0 aromatic carbocycles. The molecule has 2 saturated carbocycles. The van der Waals surface area contributed by atoms with Crippen LogP contribution in [0, 0.1) is 11.3 Å². The van der Waals surface area contributed by atoms with Gasteiger partial charge in [0.1, 0.15) is 0 Å². The summed E-state index contributed by atoms with van der Waals surface area (Å²) in [5.41, 5.74) is 5.63.